The van der Waals surface area contributed by atoms with E-state index >= 15 is 0 Å². The number of aromatic nitrogens is 2. The van der Waals surface area contributed by atoms with Gasteiger partial charge >= 0.3 is 0 Å². The maximum Gasteiger partial charge on any atom is 0.259 e. The lowest BCUT2D eigenvalue weighted by Gasteiger charge is -2.35. The van der Waals surface area contributed by atoms with Gasteiger partial charge in [-0.15, -0.1) is 0 Å². The highest BCUT2D eigenvalue weighted by atomic mass is 16.5. The molecule has 0 unspecified atom stereocenters. The molecule has 4 rings (SSSR count). The largest absolute Gasteiger partial charge is 0.497 e. The zero-order valence-electron chi connectivity index (χ0n) is 17.4. The number of hydrogen-bond donors (Lipinski definition) is 1. The molecule has 2 heterocycles. The fraction of sp³-hybridized carbons (Fsp3) is 0.522. The minimum atomic E-state index is -0.185. The quantitative estimate of drug-likeness (QED) is 0.824. The lowest BCUT2D eigenvalue weighted by Crippen LogP contribution is -2.39. The number of rotatable bonds is 5. The summed E-state index contributed by atoms with van der Waals surface area (Å²) in [5, 5.41) is 2.91. The van der Waals surface area contributed by atoms with Crippen LogP contribution in [0.3, 0.4) is 0 Å². The van der Waals surface area contributed by atoms with Gasteiger partial charge in [0.25, 0.3) is 5.91 Å². The maximum atomic E-state index is 12.6. The minimum Gasteiger partial charge on any atom is -0.497 e. The SMILES string of the molecule is COc1ccc(NC(=O)c2cnc(C3CCN(C4CCCC4)CC3)nc2C)cc1. The Balaban J connectivity index is 1.37. The Kier molecular flexibility index (Phi) is 6.09. The number of carbonyl (C=O) groups is 1. The Morgan fingerprint density at radius 2 is 1.79 bits per heavy atom. The van der Waals surface area contributed by atoms with Crippen molar-refractivity contribution in [2.45, 2.75) is 57.4 Å². The summed E-state index contributed by atoms with van der Waals surface area (Å²) in [5.41, 5.74) is 1.98. The first-order chi connectivity index (χ1) is 14.1. The highest BCUT2D eigenvalue weighted by Gasteiger charge is 2.29. The highest BCUT2D eigenvalue weighted by Crippen LogP contribution is 2.31. The van der Waals surface area contributed by atoms with Crippen molar-refractivity contribution in [2.75, 3.05) is 25.5 Å². The lowest BCUT2D eigenvalue weighted by atomic mass is 9.94. The summed E-state index contributed by atoms with van der Waals surface area (Å²) in [4.78, 5) is 24.6. The number of methoxy groups -OCH3 is 1. The van der Waals surface area contributed by atoms with Gasteiger partial charge < -0.3 is 15.0 Å². The van der Waals surface area contributed by atoms with Gasteiger partial charge in [0.1, 0.15) is 11.6 Å². The van der Waals surface area contributed by atoms with Crippen LogP contribution in [0.15, 0.2) is 30.5 Å². The molecule has 1 aliphatic heterocycles. The number of likely N-dealkylation sites (tertiary alicyclic amines) is 1. The summed E-state index contributed by atoms with van der Waals surface area (Å²) in [5.74, 6) is 1.85. The third-order valence-corrected chi connectivity index (χ3v) is 6.33. The Hall–Kier alpha value is -2.47. The summed E-state index contributed by atoms with van der Waals surface area (Å²) in [6.45, 7) is 4.16. The normalized spacial score (nSPS) is 18.7. The molecule has 1 saturated heterocycles. The van der Waals surface area contributed by atoms with E-state index in [1.54, 1.807) is 13.3 Å². The van der Waals surface area contributed by atoms with Crippen molar-refractivity contribution in [1.82, 2.24) is 14.9 Å². The van der Waals surface area contributed by atoms with Crippen LogP contribution >= 0.6 is 0 Å². The van der Waals surface area contributed by atoms with E-state index in [-0.39, 0.29) is 5.91 Å². The summed E-state index contributed by atoms with van der Waals surface area (Å²) in [6.07, 6.45) is 9.37. The second-order valence-corrected chi connectivity index (χ2v) is 8.16. The molecular weight excluding hydrogens is 364 g/mol. The van der Waals surface area contributed by atoms with Crippen LogP contribution in [0.4, 0.5) is 5.69 Å². The van der Waals surface area contributed by atoms with E-state index in [0.29, 0.717) is 11.5 Å². The Morgan fingerprint density at radius 1 is 1.10 bits per heavy atom. The molecule has 154 valence electrons. The highest BCUT2D eigenvalue weighted by molar-refractivity contribution is 6.04. The minimum absolute atomic E-state index is 0.185. The molecule has 0 radical (unpaired) electrons. The molecule has 1 aromatic carbocycles. The number of piperidine rings is 1. The topological polar surface area (TPSA) is 67.3 Å². The molecule has 0 atom stereocenters. The van der Waals surface area contributed by atoms with Crippen LogP contribution in [0.5, 0.6) is 5.75 Å². The van der Waals surface area contributed by atoms with E-state index < -0.39 is 0 Å². The Bertz CT molecular complexity index is 838. The number of hydrogen-bond acceptors (Lipinski definition) is 5. The average molecular weight is 395 g/mol. The molecule has 6 nitrogen and oxygen atoms in total. The smallest absolute Gasteiger partial charge is 0.259 e. The number of anilines is 1. The van der Waals surface area contributed by atoms with Gasteiger partial charge in [0.2, 0.25) is 0 Å². The van der Waals surface area contributed by atoms with Gasteiger partial charge in [-0.2, -0.15) is 0 Å². The van der Waals surface area contributed by atoms with Crippen molar-refractivity contribution in [3.05, 3.63) is 47.5 Å². The number of aryl methyl sites for hydroxylation is 1. The van der Waals surface area contributed by atoms with Crippen LogP contribution in [-0.4, -0.2) is 47.0 Å². The van der Waals surface area contributed by atoms with Crippen LogP contribution in [0.2, 0.25) is 0 Å². The van der Waals surface area contributed by atoms with E-state index in [1.807, 2.05) is 31.2 Å². The summed E-state index contributed by atoms with van der Waals surface area (Å²) in [7, 11) is 1.62. The van der Waals surface area contributed by atoms with E-state index in [4.69, 9.17) is 9.72 Å². The van der Waals surface area contributed by atoms with Gasteiger partial charge in [0.15, 0.2) is 0 Å². The molecule has 2 fully saturated rings. The molecule has 6 heteroatoms. The van der Waals surface area contributed by atoms with Gasteiger partial charge in [0, 0.05) is 23.8 Å². The van der Waals surface area contributed by atoms with Crippen molar-refractivity contribution >= 4 is 11.6 Å². The van der Waals surface area contributed by atoms with Gasteiger partial charge in [-0.05, 0) is 70.0 Å². The molecule has 1 amide bonds. The predicted molar refractivity (Wildman–Crippen MR) is 114 cm³/mol. The number of nitrogens with zero attached hydrogens (tertiary/aromatic N) is 3. The Labute approximate surface area is 172 Å². The van der Waals surface area contributed by atoms with E-state index in [2.05, 4.69) is 15.2 Å². The Morgan fingerprint density at radius 3 is 2.41 bits per heavy atom. The van der Waals surface area contributed by atoms with Gasteiger partial charge in [-0.1, -0.05) is 12.8 Å². The zero-order valence-corrected chi connectivity index (χ0v) is 17.4. The molecule has 29 heavy (non-hydrogen) atoms. The number of ether oxygens (including phenoxy) is 1. The molecule has 1 aromatic heterocycles. The first kappa shape index (κ1) is 19.8. The maximum absolute atomic E-state index is 12.6. The lowest BCUT2D eigenvalue weighted by molar-refractivity contribution is 0.102. The second-order valence-electron chi connectivity index (χ2n) is 8.16. The van der Waals surface area contributed by atoms with Gasteiger partial charge in [-0.25, -0.2) is 9.97 Å². The molecule has 2 aliphatic rings. The van der Waals surface area contributed by atoms with Crippen molar-refractivity contribution in [2.24, 2.45) is 0 Å². The van der Waals surface area contributed by atoms with E-state index in [0.717, 1.165) is 54.9 Å². The molecule has 1 N–H and O–H groups in total. The molecule has 2 aromatic rings. The summed E-state index contributed by atoms with van der Waals surface area (Å²) in [6, 6.07) is 8.07. The first-order valence-electron chi connectivity index (χ1n) is 10.7. The van der Waals surface area contributed by atoms with Crippen molar-refractivity contribution in [1.29, 1.82) is 0 Å². The van der Waals surface area contributed by atoms with Crippen LogP contribution < -0.4 is 10.1 Å². The summed E-state index contributed by atoms with van der Waals surface area (Å²) >= 11 is 0. The summed E-state index contributed by atoms with van der Waals surface area (Å²) < 4.78 is 5.15. The van der Waals surface area contributed by atoms with Gasteiger partial charge in [-0.3, -0.25) is 4.79 Å². The number of carbonyl (C=O) groups excluding carboxylic acids is 1. The van der Waals surface area contributed by atoms with Gasteiger partial charge in [0.05, 0.1) is 18.4 Å². The van der Waals surface area contributed by atoms with E-state index in [9.17, 15) is 4.79 Å². The molecule has 0 spiro atoms. The van der Waals surface area contributed by atoms with Crippen molar-refractivity contribution in [3.8, 4) is 5.75 Å². The van der Waals surface area contributed by atoms with Crippen LogP contribution in [0.1, 0.15) is 66.3 Å². The first-order valence-corrected chi connectivity index (χ1v) is 10.7. The number of benzene rings is 1. The number of amides is 1. The van der Waals surface area contributed by atoms with Crippen LogP contribution in [-0.2, 0) is 0 Å². The average Bonchev–Trinajstić information content (AvgIpc) is 3.29. The van der Waals surface area contributed by atoms with E-state index in [1.165, 1.54) is 25.7 Å². The van der Waals surface area contributed by atoms with Crippen LogP contribution in [0.25, 0.3) is 0 Å². The fourth-order valence-corrected chi connectivity index (χ4v) is 4.57. The molecule has 1 saturated carbocycles. The molecular formula is C23H30N4O2. The van der Waals surface area contributed by atoms with Crippen molar-refractivity contribution < 1.29 is 9.53 Å². The zero-order chi connectivity index (χ0) is 20.2. The van der Waals surface area contributed by atoms with Crippen LogP contribution in [0, 0.1) is 6.92 Å². The second kappa shape index (κ2) is 8.91. The third-order valence-electron chi connectivity index (χ3n) is 6.33. The van der Waals surface area contributed by atoms with Crippen molar-refractivity contribution in [3.63, 3.8) is 0 Å². The predicted octanol–water partition coefficient (Wildman–Crippen LogP) is 4.17. The number of nitrogens with one attached hydrogen (secondary N) is 1. The molecule has 0 bridgehead atoms. The molecule has 1 aliphatic carbocycles. The fourth-order valence-electron chi connectivity index (χ4n) is 4.57. The third kappa shape index (κ3) is 4.58. The standard InChI is InChI=1S/C23H30N4O2/c1-16-21(23(28)26-18-7-9-20(29-2)10-8-18)15-24-22(25-16)17-11-13-27(14-12-17)19-5-3-4-6-19/h7-10,15,17,19H,3-6,11-14H2,1-2H3,(H,26,28). The monoisotopic (exact) mass is 394 g/mol.